The Morgan fingerprint density at radius 1 is 1.10 bits per heavy atom. The van der Waals surface area contributed by atoms with Gasteiger partial charge in [-0.1, -0.05) is 19.1 Å². The summed E-state index contributed by atoms with van der Waals surface area (Å²) in [7, 11) is 1.67. The number of nitrogens with one attached hydrogen (secondary N) is 2. The van der Waals surface area contributed by atoms with Gasteiger partial charge >= 0.3 is 0 Å². The largest absolute Gasteiger partial charge is 0.507 e. The minimum absolute atomic E-state index is 0.0171. The van der Waals surface area contributed by atoms with Gasteiger partial charge in [0, 0.05) is 30.1 Å². The van der Waals surface area contributed by atoms with E-state index in [1.54, 1.807) is 7.11 Å². The lowest BCUT2D eigenvalue weighted by atomic mass is 9.87. The molecule has 4 rings (SSSR count). The molecule has 2 aliphatic heterocycles. The van der Waals surface area contributed by atoms with Crippen LogP contribution in [0.3, 0.4) is 0 Å². The van der Waals surface area contributed by atoms with Crippen molar-refractivity contribution in [3.63, 3.8) is 0 Å². The first-order chi connectivity index (χ1) is 15.1. The zero-order chi connectivity index (χ0) is 21.8. The first kappa shape index (κ1) is 21.9. The van der Waals surface area contributed by atoms with Crippen molar-refractivity contribution in [3.8, 4) is 17.2 Å². The Morgan fingerprint density at radius 2 is 1.84 bits per heavy atom. The average molecular weight is 426 g/mol. The molecule has 6 heteroatoms. The summed E-state index contributed by atoms with van der Waals surface area (Å²) in [5.74, 6) is 2.97. The Morgan fingerprint density at radius 3 is 2.55 bits per heavy atom. The molecule has 3 N–H and O–H groups in total. The highest BCUT2D eigenvalue weighted by Crippen LogP contribution is 2.41. The summed E-state index contributed by atoms with van der Waals surface area (Å²) in [6, 6.07) is 12.1. The molecule has 168 valence electrons. The van der Waals surface area contributed by atoms with E-state index in [0.717, 1.165) is 54.7 Å². The normalized spacial score (nSPS) is 22.5. The number of hydrogen-bond donors (Lipinski definition) is 3. The number of benzene rings is 2. The van der Waals surface area contributed by atoms with Gasteiger partial charge < -0.3 is 14.6 Å². The minimum Gasteiger partial charge on any atom is -0.507 e. The summed E-state index contributed by atoms with van der Waals surface area (Å²) in [6.45, 7) is 8.94. The van der Waals surface area contributed by atoms with E-state index in [1.165, 1.54) is 18.4 Å². The molecule has 2 fully saturated rings. The second kappa shape index (κ2) is 9.90. The average Bonchev–Trinajstić information content (AvgIpc) is 3.28. The number of ether oxygens (including phenoxy) is 2. The van der Waals surface area contributed by atoms with Gasteiger partial charge in [0.2, 0.25) is 0 Å². The van der Waals surface area contributed by atoms with Gasteiger partial charge in [-0.2, -0.15) is 0 Å². The smallest absolute Gasteiger partial charge is 0.127 e. The van der Waals surface area contributed by atoms with Crippen LogP contribution in [0.1, 0.15) is 48.4 Å². The van der Waals surface area contributed by atoms with Crippen molar-refractivity contribution in [3.05, 3.63) is 53.1 Å². The van der Waals surface area contributed by atoms with E-state index in [4.69, 9.17) is 9.47 Å². The predicted molar refractivity (Wildman–Crippen MR) is 123 cm³/mol. The molecule has 0 radical (unpaired) electrons. The highest BCUT2D eigenvalue weighted by molar-refractivity contribution is 5.51. The molecule has 2 saturated heterocycles. The molecule has 31 heavy (non-hydrogen) atoms. The number of phenolic OH excluding ortho intramolecular Hbond substituents is 1. The monoisotopic (exact) mass is 425 g/mol. The first-order valence-corrected chi connectivity index (χ1v) is 11.4. The van der Waals surface area contributed by atoms with Gasteiger partial charge in [-0.15, -0.1) is 0 Å². The van der Waals surface area contributed by atoms with Crippen LogP contribution in [-0.2, 0) is 0 Å². The quantitative estimate of drug-likeness (QED) is 0.628. The van der Waals surface area contributed by atoms with Gasteiger partial charge in [-0.05, 0) is 68.6 Å². The van der Waals surface area contributed by atoms with Crippen molar-refractivity contribution in [1.29, 1.82) is 0 Å². The lowest BCUT2D eigenvalue weighted by Gasteiger charge is -2.30. The predicted octanol–water partition coefficient (Wildman–Crippen LogP) is 3.75. The number of phenols is 1. The molecule has 2 aromatic carbocycles. The number of piperidine rings is 1. The van der Waals surface area contributed by atoms with Gasteiger partial charge in [0.1, 0.15) is 23.9 Å². The zero-order valence-corrected chi connectivity index (χ0v) is 18.9. The fraction of sp³-hybridized carbons (Fsp3) is 0.520. The third-order valence-corrected chi connectivity index (χ3v) is 6.81. The summed E-state index contributed by atoms with van der Waals surface area (Å²) >= 11 is 0. The molecule has 2 unspecified atom stereocenters. The summed E-state index contributed by atoms with van der Waals surface area (Å²) in [5, 5.41) is 11.0. The van der Waals surface area contributed by atoms with E-state index >= 15 is 0 Å². The molecular weight excluding hydrogens is 390 g/mol. The molecule has 2 aliphatic rings. The summed E-state index contributed by atoms with van der Waals surface area (Å²) in [5.41, 5.74) is 9.49. The number of nitrogens with zero attached hydrogens (tertiary/aromatic N) is 1. The molecule has 2 aromatic rings. The number of hydrazine groups is 1. The Labute approximate surface area is 185 Å². The Balaban J connectivity index is 1.42. The molecule has 0 aliphatic carbocycles. The van der Waals surface area contributed by atoms with E-state index in [-0.39, 0.29) is 12.0 Å². The Kier molecular flexibility index (Phi) is 7.00. The third kappa shape index (κ3) is 4.97. The van der Waals surface area contributed by atoms with Crippen LogP contribution in [0, 0.1) is 12.8 Å². The maximum absolute atomic E-state index is 11.0. The van der Waals surface area contributed by atoms with Crippen LogP contribution in [0.15, 0.2) is 36.4 Å². The Hall–Kier alpha value is -2.28. The molecule has 2 heterocycles. The molecular formula is C25H35N3O3. The number of hydrogen-bond acceptors (Lipinski definition) is 6. The van der Waals surface area contributed by atoms with Crippen molar-refractivity contribution in [2.75, 3.05) is 39.9 Å². The van der Waals surface area contributed by atoms with Crippen LogP contribution in [-0.4, -0.2) is 49.9 Å². The number of likely N-dealkylation sites (tertiary alicyclic amines) is 1. The van der Waals surface area contributed by atoms with Gasteiger partial charge in [0.05, 0.1) is 13.2 Å². The van der Waals surface area contributed by atoms with Gasteiger partial charge in [-0.25, -0.2) is 5.43 Å². The van der Waals surface area contributed by atoms with Crippen LogP contribution >= 0.6 is 0 Å². The SMILES string of the molecule is COc1ccc(C2CNNC2c2ccc(OCCN3CCC(C)CC3)c(C)c2O)cc1. The number of aromatic hydroxyl groups is 1. The fourth-order valence-corrected chi connectivity index (χ4v) is 4.63. The molecule has 6 nitrogen and oxygen atoms in total. The van der Waals surface area contributed by atoms with Gasteiger partial charge in [0.25, 0.3) is 0 Å². The van der Waals surface area contributed by atoms with E-state index in [2.05, 4.69) is 34.8 Å². The topological polar surface area (TPSA) is 66.0 Å². The minimum atomic E-state index is -0.0171. The lowest BCUT2D eigenvalue weighted by Crippen LogP contribution is -2.35. The van der Waals surface area contributed by atoms with Crippen molar-refractivity contribution < 1.29 is 14.6 Å². The maximum Gasteiger partial charge on any atom is 0.127 e. The molecule has 0 amide bonds. The standard InChI is InChI=1S/C25H35N3O3/c1-17-10-12-28(13-11-17)14-15-31-23-9-8-21(25(29)18(23)2)24-22(16-26-27-24)19-4-6-20(30-3)7-5-19/h4-9,17,22,24,26-27,29H,10-16H2,1-3H3. The van der Waals surface area contributed by atoms with Crippen molar-refractivity contribution in [2.24, 2.45) is 5.92 Å². The van der Waals surface area contributed by atoms with Gasteiger partial charge in [0.15, 0.2) is 0 Å². The summed E-state index contributed by atoms with van der Waals surface area (Å²) in [4.78, 5) is 2.47. The van der Waals surface area contributed by atoms with Gasteiger partial charge in [-0.3, -0.25) is 10.3 Å². The third-order valence-electron chi connectivity index (χ3n) is 6.81. The number of methoxy groups -OCH3 is 1. The second-order valence-corrected chi connectivity index (χ2v) is 8.88. The van der Waals surface area contributed by atoms with Crippen molar-refractivity contribution in [1.82, 2.24) is 15.8 Å². The van der Waals surface area contributed by atoms with Crippen LogP contribution in [0.2, 0.25) is 0 Å². The van der Waals surface area contributed by atoms with Crippen molar-refractivity contribution in [2.45, 2.75) is 38.6 Å². The van der Waals surface area contributed by atoms with E-state index in [1.807, 2.05) is 31.2 Å². The van der Waals surface area contributed by atoms with Crippen LogP contribution < -0.4 is 20.3 Å². The lowest BCUT2D eigenvalue weighted by molar-refractivity contribution is 0.160. The summed E-state index contributed by atoms with van der Waals surface area (Å²) < 4.78 is 11.3. The molecule has 0 saturated carbocycles. The molecule has 2 atom stereocenters. The second-order valence-electron chi connectivity index (χ2n) is 8.88. The highest BCUT2D eigenvalue weighted by atomic mass is 16.5. The summed E-state index contributed by atoms with van der Waals surface area (Å²) in [6.07, 6.45) is 2.54. The zero-order valence-electron chi connectivity index (χ0n) is 18.9. The van der Waals surface area contributed by atoms with Crippen molar-refractivity contribution >= 4 is 0 Å². The first-order valence-electron chi connectivity index (χ1n) is 11.4. The molecule has 0 bridgehead atoms. The molecule has 0 aromatic heterocycles. The fourth-order valence-electron chi connectivity index (χ4n) is 4.63. The van der Waals surface area contributed by atoms with Crippen LogP contribution in [0.25, 0.3) is 0 Å². The van der Waals surface area contributed by atoms with Crippen LogP contribution in [0.4, 0.5) is 0 Å². The maximum atomic E-state index is 11.0. The van der Waals surface area contributed by atoms with E-state index < -0.39 is 0 Å². The van der Waals surface area contributed by atoms with Crippen LogP contribution in [0.5, 0.6) is 17.2 Å². The van der Waals surface area contributed by atoms with E-state index in [0.29, 0.717) is 12.4 Å². The number of rotatable bonds is 7. The molecule has 0 spiro atoms. The highest BCUT2D eigenvalue weighted by Gasteiger charge is 2.32. The van der Waals surface area contributed by atoms with E-state index in [9.17, 15) is 5.11 Å². The Bertz CT molecular complexity index is 863.